The fourth-order valence-corrected chi connectivity index (χ4v) is 0.956. The van der Waals surface area contributed by atoms with Crippen LogP contribution in [-0.4, -0.2) is 29.4 Å². The van der Waals surface area contributed by atoms with Crippen LogP contribution < -0.4 is 5.73 Å². The van der Waals surface area contributed by atoms with Crippen molar-refractivity contribution >= 4 is 5.91 Å². The highest BCUT2D eigenvalue weighted by Crippen LogP contribution is 2.00. The predicted molar refractivity (Wildman–Crippen MR) is 50.7 cm³/mol. The van der Waals surface area contributed by atoms with Crippen molar-refractivity contribution in [1.82, 2.24) is 4.90 Å². The summed E-state index contributed by atoms with van der Waals surface area (Å²) in [5.74, 6) is -0.0232. The van der Waals surface area contributed by atoms with Gasteiger partial charge in [0.15, 0.2) is 0 Å². The Bertz CT molecular complexity index is 164. The Morgan fingerprint density at radius 2 is 2.08 bits per heavy atom. The quantitative estimate of drug-likeness (QED) is 0.633. The van der Waals surface area contributed by atoms with Crippen molar-refractivity contribution in [3.05, 3.63) is 12.7 Å². The van der Waals surface area contributed by atoms with Gasteiger partial charge in [-0.25, -0.2) is 0 Å². The van der Waals surface area contributed by atoms with Crippen LogP contribution in [0.5, 0.6) is 0 Å². The molecule has 0 aromatic rings. The maximum absolute atomic E-state index is 11.4. The summed E-state index contributed by atoms with van der Waals surface area (Å²) >= 11 is 0. The summed E-state index contributed by atoms with van der Waals surface area (Å²) in [4.78, 5) is 13.1. The van der Waals surface area contributed by atoms with Gasteiger partial charge in [-0.15, -0.1) is 6.58 Å². The van der Waals surface area contributed by atoms with E-state index in [0.717, 1.165) is 0 Å². The smallest absolute Gasteiger partial charge is 0.239 e. The molecular weight excluding hydrogens is 152 g/mol. The Balaban J connectivity index is 4.29. The standard InChI is InChI=1S/C9H18N2O/c1-5-6-11(7(2)3)9(12)8(4)10/h5,7-8H,1,6,10H2,2-4H3/t8-/m1/s1. The van der Waals surface area contributed by atoms with Crippen molar-refractivity contribution in [3.63, 3.8) is 0 Å². The number of hydrogen-bond donors (Lipinski definition) is 1. The van der Waals surface area contributed by atoms with Crippen LogP contribution >= 0.6 is 0 Å². The largest absolute Gasteiger partial charge is 0.335 e. The van der Waals surface area contributed by atoms with E-state index in [2.05, 4.69) is 6.58 Å². The fourth-order valence-electron chi connectivity index (χ4n) is 0.956. The van der Waals surface area contributed by atoms with Crippen LogP contribution in [0.3, 0.4) is 0 Å². The molecule has 0 unspecified atom stereocenters. The zero-order valence-corrected chi connectivity index (χ0v) is 8.08. The van der Waals surface area contributed by atoms with Crippen molar-refractivity contribution in [2.75, 3.05) is 6.54 Å². The van der Waals surface area contributed by atoms with Crippen molar-refractivity contribution in [2.45, 2.75) is 32.9 Å². The molecule has 0 rings (SSSR count). The van der Waals surface area contributed by atoms with Crippen molar-refractivity contribution in [1.29, 1.82) is 0 Å². The first-order chi connectivity index (χ1) is 5.50. The lowest BCUT2D eigenvalue weighted by Crippen LogP contribution is -2.45. The van der Waals surface area contributed by atoms with Crippen LogP contribution in [0.25, 0.3) is 0 Å². The van der Waals surface area contributed by atoms with E-state index < -0.39 is 6.04 Å². The zero-order valence-electron chi connectivity index (χ0n) is 8.08. The molecule has 1 amide bonds. The molecule has 0 aliphatic carbocycles. The third-order valence-electron chi connectivity index (χ3n) is 1.62. The Morgan fingerprint density at radius 3 is 2.33 bits per heavy atom. The molecule has 2 N–H and O–H groups in total. The predicted octanol–water partition coefficient (Wildman–Crippen LogP) is 0.757. The lowest BCUT2D eigenvalue weighted by atomic mass is 10.2. The van der Waals surface area contributed by atoms with Gasteiger partial charge in [0.25, 0.3) is 0 Å². The Hall–Kier alpha value is -0.830. The molecule has 0 saturated carbocycles. The second kappa shape index (κ2) is 4.93. The second-order valence-electron chi connectivity index (χ2n) is 3.16. The van der Waals surface area contributed by atoms with Gasteiger partial charge in [0.1, 0.15) is 0 Å². The third kappa shape index (κ3) is 3.05. The molecule has 0 radical (unpaired) electrons. The van der Waals surface area contributed by atoms with Gasteiger partial charge < -0.3 is 10.6 Å². The molecule has 0 aromatic carbocycles. The van der Waals surface area contributed by atoms with E-state index in [1.165, 1.54) is 0 Å². The minimum absolute atomic E-state index is 0.0232. The molecule has 3 nitrogen and oxygen atoms in total. The lowest BCUT2D eigenvalue weighted by Gasteiger charge is -2.26. The molecule has 0 saturated heterocycles. The molecule has 0 bridgehead atoms. The van der Waals surface area contributed by atoms with Gasteiger partial charge in [0.2, 0.25) is 5.91 Å². The van der Waals surface area contributed by atoms with Gasteiger partial charge in [0, 0.05) is 12.6 Å². The topological polar surface area (TPSA) is 46.3 Å². The number of nitrogens with zero attached hydrogens (tertiary/aromatic N) is 1. The monoisotopic (exact) mass is 170 g/mol. The maximum atomic E-state index is 11.4. The van der Waals surface area contributed by atoms with Gasteiger partial charge in [-0.1, -0.05) is 6.08 Å². The summed E-state index contributed by atoms with van der Waals surface area (Å²) in [6, 6.07) is -0.242. The van der Waals surface area contributed by atoms with E-state index in [9.17, 15) is 4.79 Å². The van der Waals surface area contributed by atoms with Crippen LogP contribution in [0.1, 0.15) is 20.8 Å². The van der Waals surface area contributed by atoms with E-state index in [1.54, 1.807) is 17.9 Å². The first kappa shape index (κ1) is 11.2. The van der Waals surface area contributed by atoms with Crippen LogP contribution in [0.4, 0.5) is 0 Å². The van der Waals surface area contributed by atoms with E-state index in [0.29, 0.717) is 6.54 Å². The number of hydrogen-bond acceptors (Lipinski definition) is 2. The zero-order chi connectivity index (χ0) is 9.72. The van der Waals surface area contributed by atoms with Crippen LogP contribution in [0.15, 0.2) is 12.7 Å². The molecule has 0 aliphatic rings. The molecule has 0 aromatic heterocycles. The average Bonchev–Trinajstić information content (AvgIpc) is 1.98. The molecule has 0 aliphatic heterocycles. The number of carbonyl (C=O) groups is 1. The van der Waals surface area contributed by atoms with Crippen LogP contribution in [-0.2, 0) is 4.79 Å². The summed E-state index contributed by atoms with van der Waals surface area (Å²) in [5.41, 5.74) is 5.48. The number of amides is 1. The maximum Gasteiger partial charge on any atom is 0.239 e. The Kier molecular flexibility index (Phi) is 4.59. The van der Waals surface area contributed by atoms with Crippen molar-refractivity contribution in [2.24, 2.45) is 5.73 Å². The number of nitrogens with two attached hydrogens (primary N) is 1. The molecular formula is C9H18N2O. The summed E-state index contributed by atoms with van der Waals surface area (Å²) in [6.07, 6.45) is 1.71. The van der Waals surface area contributed by atoms with Crippen molar-refractivity contribution < 1.29 is 4.79 Å². The number of carbonyl (C=O) groups excluding carboxylic acids is 1. The van der Waals surface area contributed by atoms with Gasteiger partial charge in [-0.05, 0) is 20.8 Å². The first-order valence-electron chi connectivity index (χ1n) is 4.17. The molecule has 1 atom stereocenters. The van der Waals surface area contributed by atoms with Crippen LogP contribution in [0.2, 0.25) is 0 Å². The van der Waals surface area contributed by atoms with E-state index >= 15 is 0 Å². The summed E-state index contributed by atoms with van der Waals surface area (Å²) in [7, 11) is 0. The normalized spacial score (nSPS) is 12.8. The van der Waals surface area contributed by atoms with Gasteiger partial charge in [-0.3, -0.25) is 4.79 Å². The van der Waals surface area contributed by atoms with Gasteiger partial charge in [-0.2, -0.15) is 0 Å². The summed E-state index contributed by atoms with van der Waals surface area (Å²) < 4.78 is 0. The minimum Gasteiger partial charge on any atom is -0.335 e. The summed E-state index contributed by atoms with van der Waals surface area (Å²) in [6.45, 7) is 9.78. The van der Waals surface area contributed by atoms with E-state index in [1.807, 2.05) is 13.8 Å². The number of rotatable bonds is 4. The Labute approximate surface area is 74.2 Å². The highest BCUT2D eigenvalue weighted by Gasteiger charge is 2.18. The van der Waals surface area contributed by atoms with Gasteiger partial charge in [0.05, 0.1) is 6.04 Å². The third-order valence-corrected chi connectivity index (χ3v) is 1.62. The molecule has 70 valence electrons. The lowest BCUT2D eigenvalue weighted by molar-refractivity contribution is -0.133. The average molecular weight is 170 g/mol. The molecule has 3 heteroatoms. The SMILES string of the molecule is C=CCN(C(=O)[C@@H](C)N)C(C)C. The van der Waals surface area contributed by atoms with E-state index in [-0.39, 0.29) is 11.9 Å². The highest BCUT2D eigenvalue weighted by atomic mass is 16.2. The summed E-state index contributed by atoms with van der Waals surface area (Å²) in [5, 5.41) is 0. The highest BCUT2D eigenvalue weighted by molar-refractivity contribution is 5.81. The first-order valence-corrected chi connectivity index (χ1v) is 4.17. The van der Waals surface area contributed by atoms with Crippen molar-refractivity contribution in [3.8, 4) is 0 Å². The molecule has 0 heterocycles. The van der Waals surface area contributed by atoms with Crippen LogP contribution in [0, 0.1) is 0 Å². The fraction of sp³-hybridized carbons (Fsp3) is 0.667. The Morgan fingerprint density at radius 1 is 1.58 bits per heavy atom. The molecule has 0 spiro atoms. The second-order valence-corrected chi connectivity index (χ2v) is 3.16. The molecule has 12 heavy (non-hydrogen) atoms. The van der Waals surface area contributed by atoms with Gasteiger partial charge >= 0.3 is 0 Å². The minimum atomic E-state index is -0.424. The van der Waals surface area contributed by atoms with E-state index in [4.69, 9.17) is 5.73 Å². The molecule has 0 fully saturated rings.